The number of aromatic nitrogens is 2. The fourth-order valence-electron chi connectivity index (χ4n) is 1.28. The van der Waals surface area contributed by atoms with Crippen LogP contribution in [0.5, 0.6) is 0 Å². The molecule has 0 aliphatic carbocycles. The summed E-state index contributed by atoms with van der Waals surface area (Å²) in [6.07, 6.45) is 2.33. The average Bonchev–Trinajstić information content (AvgIpc) is 2.01. The molecule has 1 rings (SSSR count). The lowest BCUT2D eigenvalue weighted by atomic mass is 9.99. The van der Waals surface area contributed by atoms with E-state index in [1.54, 1.807) is 6.20 Å². The molecule has 1 aromatic rings. The maximum Gasteiger partial charge on any atom is 0.133 e. The maximum atomic E-state index is 13.6. The Kier molecular flexibility index (Phi) is 2.64. The molecular formula is C10H15FN2. The predicted molar refractivity (Wildman–Crippen MR) is 50.3 cm³/mol. The Labute approximate surface area is 78.2 Å². The van der Waals surface area contributed by atoms with Crippen LogP contribution in [0, 0.1) is 6.92 Å². The molecule has 0 bridgehead atoms. The van der Waals surface area contributed by atoms with E-state index in [-0.39, 0.29) is 0 Å². The van der Waals surface area contributed by atoms with Crippen molar-refractivity contribution in [1.29, 1.82) is 0 Å². The lowest BCUT2D eigenvalue weighted by Gasteiger charge is -2.17. The third kappa shape index (κ3) is 2.23. The zero-order valence-corrected chi connectivity index (χ0v) is 8.56. The lowest BCUT2D eigenvalue weighted by molar-refractivity contribution is 0.218. The van der Waals surface area contributed by atoms with E-state index in [4.69, 9.17) is 0 Å². The summed E-state index contributed by atoms with van der Waals surface area (Å²) in [6, 6.07) is 0. The Morgan fingerprint density at radius 3 is 2.54 bits per heavy atom. The molecule has 1 aromatic heterocycles. The molecule has 0 aliphatic rings. The van der Waals surface area contributed by atoms with E-state index < -0.39 is 5.67 Å². The minimum absolute atomic E-state index is 0.598. The Morgan fingerprint density at radius 1 is 1.46 bits per heavy atom. The molecule has 0 aliphatic heterocycles. The van der Waals surface area contributed by atoms with Gasteiger partial charge in [0.05, 0.1) is 5.69 Å². The second-order valence-corrected chi connectivity index (χ2v) is 3.60. The second-order valence-electron chi connectivity index (χ2n) is 3.60. The van der Waals surface area contributed by atoms with Crippen LogP contribution < -0.4 is 0 Å². The van der Waals surface area contributed by atoms with E-state index in [1.807, 2.05) is 13.8 Å². The van der Waals surface area contributed by atoms with Crippen molar-refractivity contribution < 1.29 is 4.39 Å². The first-order chi connectivity index (χ1) is 5.95. The summed E-state index contributed by atoms with van der Waals surface area (Å²) in [4.78, 5) is 8.21. The lowest BCUT2D eigenvalue weighted by Crippen LogP contribution is -2.14. The van der Waals surface area contributed by atoms with Crippen LogP contribution in [0.2, 0.25) is 0 Å². The molecule has 3 heteroatoms. The molecule has 0 unspecified atom stereocenters. The standard InChI is InChI=1S/C10H15FN2/c1-5-9-8(10(3,4)11)6-12-7(2)13-9/h6H,5H2,1-4H3. The highest BCUT2D eigenvalue weighted by atomic mass is 19.1. The number of hydrogen-bond donors (Lipinski definition) is 0. The number of hydrogen-bond acceptors (Lipinski definition) is 2. The Balaban J connectivity index is 3.22. The van der Waals surface area contributed by atoms with Crippen molar-refractivity contribution in [1.82, 2.24) is 9.97 Å². The molecule has 0 spiro atoms. The minimum Gasteiger partial charge on any atom is -0.241 e. The van der Waals surface area contributed by atoms with Crippen LogP contribution in [0.4, 0.5) is 4.39 Å². The third-order valence-electron chi connectivity index (χ3n) is 1.96. The van der Waals surface area contributed by atoms with Gasteiger partial charge in [-0.2, -0.15) is 0 Å². The smallest absolute Gasteiger partial charge is 0.133 e. The van der Waals surface area contributed by atoms with Crippen LogP contribution in [0.25, 0.3) is 0 Å². The van der Waals surface area contributed by atoms with Crippen molar-refractivity contribution >= 4 is 0 Å². The van der Waals surface area contributed by atoms with Crippen LogP contribution in [0.3, 0.4) is 0 Å². The Morgan fingerprint density at radius 2 is 2.08 bits per heavy atom. The van der Waals surface area contributed by atoms with Gasteiger partial charge in [-0.1, -0.05) is 6.92 Å². The van der Waals surface area contributed by atoms with Gasteiger partial charge < -0.3 is 0 Å². The zero-order chi connectivity index (χ0) is 10.1. The highest BCUT2D eigenvalue weighted by molar-refractivity contribution is 5.23. The fraction of sp³-hybridized carbons (Fsp3) is 0.600. The summed E-state index contributed by atoms with van der Waals surface area (Å²) < 4.78 is 13.6. The van der Waals surface area contributed by atoms with Gasteiger partial charge in [-0.15, -0.1) is 0 Å². The van der Waals surface area contributed by atoms with Crippen molar-refractivity contribution in [3.63, 3.8) is 0 Å². The van der Waals surface area contributed by atoms with Gasteiger partial charge in [0.2, 0.25) is 0 Å². The SMILES string of the molecule is CCc1nc(C)ncc1C(C)(C)F. The molecule has 0 saturated carbocycles. The number of nitrogens with zero attached hydrogens (tertiary/aromatic N) is 2. The van der Waals surface area contributed by atoms with Crippen molar-refractivity contribution in [3.8, 4) is 0 Å². The normalized spacial score (nSPS) is 11.8. The van der Waals surface area contributed by atoms with Gasteiger partial charge in [-0.05, 0) is 27.2 Å². The molecule has 0 amide bonds. The number of aryl methyl sites for hydroxylation is 2. The third-order valence-corrected chi connectivity index (χ3v) is 1.96. The zero-order valence-electron chi connectivity index (χ0n) is 8.56. The molecule has 0 atom stereocenters. The van der Waals surface area contributed by atoms with Gasteiger partial charge in [0.25, 0.3) is 0 Å². The van der Waals surface area contributed by atoms with E-state index in [0.29, 0.717) is 11.4 Å². The predicted octanol–water partition coefficient (Wildman–Crippen LogP) is 2.55. The molecule has 2 nitrogen and oxygen atoms in total. The van der Waals surface area contributed by atoms with Crippen molar-refractivity contribution in [3.05, 3.63) is 23.3 Å². The molecule has 0 fully saturated rings. The number of alkyl halides is 1. The first kappa shape index (κ1) is 10.1. The molecule has 0 aromatic carbocycles. The largest absolute Gasteiger partial charge is 0.241 e. The van der Waals surface area contributed by atoms with E-state index in [0.717, 1.165) is 12.1 Å². The topological polar surface area (TPSA) is 25.8 Å². The minimum atomic E-state index is -1.35. The number of rotatable bonds is 2. The van der Waals surface area contributed by atoms with Gasteiger partial charge in [-0.3, -0.25) is 0 Å². The Hall–Kier alpha value is -0.990. The van der Waals surface area contributed by atoms with Gasteiger partial charge in [-0.25, -0.2) is 14.4 Å². The molecule has 13 heavy (non-hydrogen) atoms. The van der Waals surface area contributed by atoms with Gasteiger partial charge >= 0.3 is 0 Å². The molecule has 0 radical (unpaired) electrons. The van der Waals surface area contributed by atoms with Gasteiger partial charge in [0.15, 0.2) is 0 Å². The first-order valence-electron chi connectivity index (χ1n) is 4.47. The van der Waals surface area contributed by atoms with Crippen LogP contribution in [-0.2, 0) is 12.1 Å². The first-order valence-corrected chi connectivity index (χ1v) is 4.47. The molecule has 72 valence electrons. The molecular weight excluding hydrogens is 167 g/mol. The van der Waals surface area contributed by atoms with Crippen molar-refractivity contribution in [2.45, 2.75) is 39.8 Å². The summed E-state index contributed by atoms with van der Waals surface area (Å²) in [7, 11) is 0. The highest BCUT2D eigenvalue weighted by Gasteiger charge is 2.23. The van der Waals surface area contributed by atoms with Gasteiger partial charge in [0.1, 0.15) is 11.5 Å². The summed E-state index contributed by atoms with van der Waals surface area (Å²) in [5.41, 5.74) is 0.0552. The van der Waals surface area contributed by atoms with Gasteiger partial charge in [0, 0.05) is 11.8 Å². The van der Waals surface area contributed by atoms with Crippen LogP contribution in [-0.4, -0.2) is 9.97 Å². The Bertz CT molecular complexity index is 302. The van der Waals surface area contributed by atoms with Crippen molar-refractivity contribution in [2.24, 2.45) is 0 Å². The molecule has 1 heterocycles. The second kappa shape index (κ2) is 3.40. The summed E-state index contributed by atoms with van der Waals surface area (Å²) in [6.45, 7) is 6.84. The maximum absolute atomic E-state index is 13.6. The molecule has 0 saturated heterocycles. The molecule has 0 N–H and O–H groups in total. The quantitative estimate of drug-likeness (QED) is 0.702. The monoisotopic (exact) mass is 182 g/mol. The van der Waals surface area contributed by atoms with E-state index in [2.05, 4.69) is 9.97 Å². The average molecular weight is 182 g/mol. The van der Waals surface area contributed by atoms with E-state index in [1.165, 1.54) is 13.8 Å². The summed E-state index contributed by atoms with van der Waals surface area (Å²) >= 11 is 0. The highest BCUT2D eigenvalue weighted by Crippen LogP contribution is 2.26. The van der Waals surface area contributed by atoms with E-state index in [9.17, 15) is 4.39 Å². The summed E-state index contributed by atoms with van der Waals surface area (Å²) in [5, 5.41) is 0. The van der Waals surface area contributed by atoms with E-state index >= 15 is 0 Å². The van der Waals surface area contributed by atoms with Crippen LogP contribution in [0.1, 0.15) is 37.9 Å². The van der Waals surface area contributed by atoms with Crippen LogP contribution >= 0.6 is 0 Å². The van der Waals surface area contributed by atoms with Crippen molar-refractivity contribution in [2.75, 3.05) is 0 Å². The summed E-state index contributed by atoms with van der Waals surface area (Å²) in [5.74, 6) is 0.699. The fourth-order valence-corrected chi connectivity index (χ4v) is 1.28. The van der Waals surface area contributed by atoms with Crippen LogP contribution in [0.15, 0.2) is 6.20 Å². The number of halogens is 1.